The first-order valence-corrected chi connectivity index (χ1v) is 10.0. The number of aryl methyl sites for hydroxylation is 2. The molecule has 0 N–H and O–H groups in total. The number of likely N-dealkylation sites (tertiary alicyclic amines) is 1. The lowest BCUT2D eigenvalue weighted by atomic mass is 9.97. The van der Waals surface area contributed by atoms with Crippen molar-refractivity contribution in [2.75, 3.05) is 32.9 Å². The van der Waals surface area contributed by atoms with E-state index in [4.69, 9.17) is 14.2 Å². The summed E-state index contributed by atoms with van der Waals surface area (Å²) < 4.78 is 17.2. The summed E-state index contributed by atoms with van der Waals surface area (Å²) in [7, 11) is 0. The number of hydrogen-bond donors (Lipinski definition) is 0. The number of piperidine rings is 1. The molecule has 0 radical (unpaired) electrons. The van der Waals surface area contributed by atoms with E-state index in [0.29, 0.717) is 37.5 Å². The summed E-state index contributed by atoms with van der Waals surface area (Å²) in [5.74, 6) is 3.25. The minimum atomic E-state index is 0. The number of pyridine rings is 1. The topological polar surface area (TPSA) is 69.6 Å². The Morgan fingerprint density at radius 3 is 2.77 bits per heavy atom. The van der Waals surface area contributed by atoms with E-state index in [9.17, 15) is 0 Å². The van der Waals surface area contributed by atoms with Crippen molar-refractivity contribution in [3.8, 4) is 17.5 Å². The molecule has 1 fully saturated rings. The lowest BCUT2D eigenvalue weighted by molar-refractivity contribution is 0.0966. The lowest BCUT2D eigenvalue weighted by Crippen LogP contribution is -2.39. The number of nitrogens with zero attached hydrogens (tertiary/aromatic N) is 4. The summed E-state index contributed by atoms with van der Waals surface area (Å²) in [6, 6.07) is 6.14. The molecule has 2 aromatic heterocycles. The van der Waals surface area contributed by atoms with Gasteiger partial charge in [0, 0.05) is 30.3 Å². The van der Waals surface area contributed by atoms with Gasteiger partial charge in [-0.15, -0.1) is 0 Å². The fourth-order valence-electron chi connectivity index (χ4n) is 3.91. The van der Waals surface area contributed by atoms with Crippen LogP contribution in [0.4, 0.5) is 0 Å². The molecule has 0 aliphatic carbocycles. The van der Waals surface area contributed by atoms with E-state index in [-0.39, 0.29) is 27.0 Å². The molecular formula is C22H34N4O3S. The van der Waals surface area contributed by atoms with E-state index in [2.05, 4.69) is 26.8 Å². The van der Waals surface area contributed by atoms with Gasteiger partial charge < -0.3 is 14.2 Å². The summed E-state index contributed by atoms with van der Waals surface area (Å²) in [6.45, 7) is 9.94. The Kier molecular flexibility index (Phi) is 8.73. The monoisotopic (exact) mass is 434 g/mol. The molecule has 2 aliphatic rings. The Hall–Kier alpha value is -2.06. The molecule has 0 saturated carbocycles. The largest absolute Gasteiger partial charge is 0.484 e. The van der Waals surface area contributed by atoms with Gasteiger partial charge in [-0.25, -0.2) is 9.97 Å². The molecule has 8 heteroatoms. The van der Waals surface area contributed by atoms with Crippen molar-refractivity contribution in [2.24, 2.45) is 5.92 Å². The maximum absolute atomic E-state index is 5.99. The van der Waals surface area contributed by atoms with Crippen molar-refractivity contribution in [1.82, 2.24) is 19.9 Å². The standard InChI is InChI=1S/C21H28N4O3.CH4.H2S/c1-14-11-20(23-16(3)22-14)28-13-17-5-4-8-25(12-17)15(2)18-6-7-19-21(24-18)27-10-9-26-19;;/h6-7,11,15,17H,4-5,8-10,12-13H2,1-3H3;1H4;1H2/t15-,17+;;/m1../s1. The second-order valence-electron chi connectivity index (χ2n) is 7.62. The zero-order valence-electron chi connectivity index (χ0n) is 17.4. The molecule has 0 spiro atoms. The second-order valence-corrected chi connectivity index (χ2v) is 7.62. The van der Waals surface area contributed by atoms with Gasteiger partial charge in [0.25, 0.3) is 5.88 Å². The average Bonchev–Trinajstić information content (AvgIpc) is 2.71. The molecule has 0 amide bonds. The van der Waals surface area contributed by atoms with Gasteiger partial charge in [-0.05, 0) is 52.3 Å². The SMILES string of the molecule is C.Cc1cc(OC[C@H]2CCCN([C@H](C)c3ccc4c(n3)OCCO4)C2)nc(C)n1.S. The summed E-state index contributed by atoms with van der Waals surface area (Å²) in [6.07, 6.45) is 2.32. The minimum Gasteiger partial charge on any atom is -0.484 e. The highest BCUT2D eigenvalue weighted by molar-refractivity contribution is 7.59. The molecule has 30 heavy (non-hydrogen) atoms. The number of hydrogen-bond acceptors (Lipinski definition) is 7. The van der Waals surface area contributed by atoms with Crippen LogP contribution in [-0.2, 0) is 0 Å². The highest BCUT2D eigenvalue weighted by Crippen LogP contribution is 2.32. The normalized spacial score (nSPS) is 19.2. The van der Waals surface area contributed by atoms with Crippen molar-refractivity contribution in [3.05, 3.63) is 35.4 Å². The Morgan fingerprint density at radius 2 is 1.97 bits per heavy atom. The van der Waals surface area contributed by atoms with Gasteiger partial charge in [-0.1, -0.05) is 7.43 Å². The van der Waals surface area contributed by atoms with Crippen LogP contribution in [0.3, 0.4) is 0 Å². The maximum Gasteiger partial charge on any atom is 0.257 e. The summed E-state index contributed by atoms with van der Waals surface area (Å²) >= 11 is 0. The van der Waals surface area contributed by atoms with Gasteiger partial charge in [0.1, 0.15) is 19.0 Å². The molecule has 0 bridgehead atoms. The van der Waals surface area contributed by atoms with E-state index in [1.165, 1.54) is 6.42 Å². The van der Waals surface area contributed by atoms with Crippen molar-refractivity contribution in [2.45, 2.75) is 47.1 Å². The van der Waals surface area contributed by atoms with Crippen molar-refractivity contribution in [1.29, 1.82) is 0 Å². The van der Waals surface area contributed by atoms with E-state index in [1.54, 1.807) is 0 Å². The first kappa shape index (κ1) is 24.2. The summed E-state index contributed by atoms with van der Waals surface area (Å²) in [4.78, 5) is 15.8. The molecule has 2 aromatic rings. The highest BCUT2D eigenvalue weighted by Gasteiger charge is 2.26. The number of ether oxygens (including phenoxy) is 3. The van der Waals surface area contributed by atoms with E-state index in [0.717, 1.165) is 42.5 Å². The van der Waals surface area contributed by atoms with Crippen LogP contribution in [0.15, 0.2) is 18.2 Å². The Bertz CT molecular complexity index is 816. The molecule has 2 atom stereocenters. The van der Waals surface area contributed by atoms with Crippen molar-refractivity contribution >= 4 is 13.5 Å². The molecule has 0 unspecified atom stereocenters. The summed E-state index contributed by atoms with van der Waals surface area (Å²) in [5.41, 5.74) is 1.96. The molecule has 2 aliphatic heterocycles. The Morgan fingerprint density at radius 1 is 1.17 bits per heavy atom. The smallest absolute Gasteiger partial charge is 0.257 e. The fraction of sp³-hybridized carbons (Fsp3) is 0.591. The quantitative estimate of drug-likeness (QED) is 0.708. The molecular weight excluding hydrogens is 400 g/mol. The molecule has 166 valence electrons. The minimum absolute atomic E-state index is 0. The molecule has 4 heterocycles. The molecule has 0 aromatic carbocycles. The highest BCUT2D eigenvalue weighted by atomic mass is 32.1. The van der Waals surface area contributed by atoms with Crippen LogP contribution >= 0.6 is 13.5 Å². The van der Waals surface area contributed by atoms with Gasteiger partial charge in [-0.2, -0.15) is 18.5 Å². The van der Waals surface area contributed by atoms with Crippen molar-refractivity contribution < 1.29 is 14.2 Å². The average molecular weight is 435 g/mol. The zero-order valence-corrected chi connectivity index (χ0v) is 18.4. The first-order chi connectivity index (χ1) is 13.6. The van der Waals surface area contributed by atoms with E-state index < -0.39 is 0 Å². The molecule has 4 rings (SSSR count). The third-order valence-corrected chi connectivity index (χ3v) is 5.36. The van der Waals surface area contributed by atoms with Gasteiger partial charge >= 0.3 is 0 Å². The zero-order chi connectivity index (χ0) is 19.5. The first-order valence-electron chi connectivity index (χ1n) is 10.0. The van der Waals surface area contributed by atoms with Crippen molar-refractivity contribution in [3.63, 3.8) is 0 Å². The Labute approximate surface area is 186 Å². The van der Waals surface area contributed by atoms with Crippen LogP contribution in [0, 0.1) is 19.8 Å². The molecule has 1 saturated heterocycles. The predicted molar refractivity (Wildman–Crippen MR) is 122 cm³/mol. The number of aromatic nitrogens is 3. The number of fused-ring (bicyclic) bond motifs is 1. The van der Waals surface area contributed by atoms with Gasteiger partial charge in [0.2, 0.25) is 5.88 Å². The van der Waals surface area contributed by atoms with Gasteiger partial charge in [0.15, 0.2) is 5.75 Å². The van der Waals surface area contributed by atoms with Crippen LogP contribution in [0.25, 0.3) is 0 Å². The van der Waals surface area contributed by atoms with Crippen LogP contribution in [0.2, 0.25) is 0 Å². The van der Waals surface area contributed by atoms with Crippen LogP contribution in [-0.4, -0.2) is 52.8 Å². The van der Waals surface area contributed by atoms with E-state index >= 15 is 0 Å². The van der Waals surface area contributed by atoms with Crippen LogP contribution in [0.5, 0.6) is 17.5 Å². The van der Waals surface area contributed by atoms with Gasteiger partial charge in [0.05, 0.1) is 12.3 Å². The third-order valence-electron chi connectivity index (χ3n) is 5.36. The predicted octanol–water partition coefficient (Wildman–Crippen LogP) is 3.86. The number of rotatable bonds is 5. The fourth-order valence-corrected chi connectivity index (χ4v) is 3.91. The third kappa shape index (κ3) is 5.76. The van der Waals surface area contributed by atoms with Crippen LogP contribution < -0.4 is 14.2 Å². The Balaban J connectivity index is 0.00000160. The summed E-state index contributed by atoms with van der Waals surface area (Å²) in [5, 5.41) is 0. The van der Waals surface area contributed by atoms with Crippen LogP contribution in [0.1, 0.15) is 50.4 Å². The van der Waals surface area contributed by atoms with Gasteiger partial charge in [-0.3, -0.25) is 4.90 Å². The lowest BCUT2D eigenvalue weighted by Gasteiger charge is -2.36. The van der Waals surface area contributed by atoms with E-state index in [1.807, 2.05) is 32.0 Å². The second kappa shape index (κ2) is 10.8. The molecule has 7 nitrogen and oxygen atoms in total. The maximum atomic E-state index is 5.99.